The Kier molecular flexibility index (Phi) is 2.74. The predicted octanol–water partition coefficient (Wildman–Crippen LogP) is 0.978. The molecule has 2 heterocycles. The first-order chi connectivity index (χ1) is 6.79. The Balaban J connectivity index is 2.11. The van der Waals surface area contributed by atoms with Crippen molar-refractivity contribution in [2.45, 2.75) is 0 Å². The molecule has 1 aromatic rings. The van der Waals surface area contributed by atoms with Crippen LogP contribution in [0.5, 0.6) is 0 Å². The number of amides is 1. The molecule has 0 aliphatic carbocycles. The molecule has 0 radical (unpaired) electrons. The maximum atomic E-state index is 11.8. The van der Waals surface area contributed by atoms with Crippen molar-refractivity contribution < 1.29 is 9.21 Å². The fraction of sp³-hybridized carbons (Fsp3) is 0.444. The van der Waals surface area contributed by atoms with E-state index in [0.29, 0.717) is 5.56 Å². The highest BCUT2D eigenvalue weighted by atomic mass is 35.5. The summed E-state index contributed by atoms with van der Waals surface area (Å²) in [6.07, 6.45) is 1.43. The smallest absolute Gasteiger partial charge is 0.258 e. The lowest BCUT2D eigenvalue weighted by Gasteiger charge is -2.26. The maximum Gasteiger partial charge on any atom is 0.258 e. The summed E-state index contributed by atoms with van der Waals surface area (Å²) in [5.74, 6) is -0.0507. The van der Waals surface area contributed by atoms with Crippen LogP contribution in [0.2, 0.25) is 5.22 Å². The lowest BCUT2D eigenvalue weighted by molar-refractivity contribution is 0.0735. The van der Waals surface area contributed by atoms with Gasteiger partial charge in [-0.25, -0.2) is 0 Å². The number of hydrogen-bond acceptors (Lipinski definition) is 3. The second-order valence-corrected chi connectivity index (χ2v) is 3.49. The highest BCUT2D eigenvalue weighted by molar-refractivity contribution is 6.32. The number of carbonyl (C=O) groups is 1. The van der Waals surface area contributed by atoms with Gasteiger partial charge in [0.1, 0.15) is 0 Å². The highest BCUT2D eigenvalue weighted by Crippen LogP contribution is 2.18. The molecule has 0 saturated carbocycles. The number of nitrogens with zero attached hydrogens (tertiary/aromatic N) is 1. The van der Waals surface area contributed by atoms with Gasteiger partial charge in [-0.2, -0.15) is 0 Å². The molecule has 0 aromatic carbocycles. The largest absolute Gasteiger partial charge is 0.452 e. The van der Waals surface area contributed by atoms with Crippen LogP contribution in [-0.2, 0) is 0 Å². The molecule has 5 heteroatoms. The number of halogens is 1. The summed E-state index contributed by atoms with van der Waals surface area (Å²) >= 11 is 5.72. The topological polar surface area (TPSA) is 45.5 Å². The summed E-state index contributed by atoms with van der Waals surface area (Å²) in [7, 11) is 0. The minimum Gasteiger partial charge on any atom is -0.452 e. The Labute approximate surface area is 86.8 Å². The van der Waals surface area contributed by atoms with Gasteiger partial charge in [-0.3, -0.25) is 4.79 Å². The molecule has 1 amide bonds. The average molecular weight is 215 g/mol. The predicted molar refractivity (Wildman–Crippen MR) is 52.5 cm³/mol. The fourth-order valence-electron chi connectivity index (χ4n) is 1.48. The Morgan fingerprint density at radius 1 is 1.50 bits per heavy atom. The molecular weight excluding hydrogens is 204 g/mol. The monoisotopic (exact) mass is 214 g/mol. The number of nitrogens with one attached hydrogen (secondary N) is 1. The van der Waals surface area contributed by atoms with Crippen molar-refractivity contribution in [2.75, 3.05) is 26.2 Å². The summed E-state index contributed by atoms with van der Waals surface area (Å²) < 4.78 is 4.88. The second-order valence-electron chi connectivity index (χ2n) is 3.15. The van der Waals surface area contributed by atoms with Crippen LogP contribution in [0.1, 0.15) is 10.4 Å². The first-order valence-corrected chi connectivity index (χ1v) is 4.90. The molecular formula is C9H11ClN2O2. The summed E-state index contributed by atoms with van der Waals surface area (Å²) in [5.41, 5.74) is 0.452. The minimum absolute atomic E-state index is 0.0507. The van der Waals surface area contributed by atoms with Gasteiger partial charge < -0.3 is 14.6 Å². The summed E-state index contributed by atoms with van der Waals surface area (Å²) in [6, 6.07) is 1.60. The van der Waals surface area contributed by atoms with Crippen LogP contribution in [0.3, 0.4) is 0 Å². The number of furan rings is 1. The van der Waals surface area contributed by atoms with Crippen LogP contribution in [0, 0.1) is 0 Å². The first-order valence-electron chi connectivity index (χ1n) is 4.52. The number of carbonyl (C=O) groups excluding carboxylic acids is 1. The van der Waals surface area contributed by atoms with Crippen molar-refractivity contribution in [1.82, 2.24) is 10.2 Å². The minimum atomic E-state index is -0.0507. The third-order valence-electron chi connectivity index (χ3n) is 2.25. The quantitative estimate of drug-likeness (QED) is 0.758. The van der Waals surface area contributed by atoms with Crippen LogP contribution in [0.4, 0.5) is 0 Å². The summed E-state index contributed by atoms with van der Waals surface area (Å²) in [5, 5.41) is 3.35. The Morgan fingerprint density at radius 3 is 2.79 bits per heavy atom. The van der Waals surface area contributed by atoms with Crippen molar-refractivity contribution >= 4 is 17.5 Å². The first kappa shape index (κ1) is 9.55. The molecule has 1 aliphatic heterocycles. The van der Waals surface area contributed by atoms with Crippen molar-refractivity contribution in [3.8, 4) is 0 Å². The molecule has 1 N–H and O–H groups in total. The van der Waals surface area contributed by atoms with Gasteiger partial charge in [-0.15, -0.1) is 0 Å². The van der Waals surface area contributed by atoms with Crippen molar-refractivity contribution in [1.29, 1.82) is 0 Å². The fourth-order valence-corrected chi connectivity index (χ4v) is 1.68. The lowest BCUT2D eigenvalue weighted by Crippen LogP contribution is -2.46. The Bertz CT molecular complexity index is 331. The van der Waals surface area contributed by atoms with Gasteiger partial charge in [0.15, 0.2) is 0 Å². The van der Waals surface area contributed by atoms with Crippen molar-refractivity contribution in [3.63, 3.8) is 0 Å². The molecule has 0 atom stereocenters. The summed E-state index contributed by atoms with van der Waals surface area (Å²) in [6.45, 7) is 3.11. The van der Waals surface area contributed by atoms with E-state index in [1.807, 2.05) is 0 Å². The molecule has 1 fully saturated rings. The van der Waals surface area contributed by atoms with Gasteiger partial charge in [0.25, 0.3) is 5.91 Å². The maximum absolute atomic E-state index is 11.8. The van der Waals surface area contributed by atoms with Gasteiger partial charge in [-0.1, -0.05) is 0 Å². The van der Waals surface area contributed by atoms with Gasteiger partial charge in [-0.05, 0) is 17.7 Å². The average Bonchev–Trinajstić information content (AvgIpc) is 2.65. The van der Waals surface area contributed by atoms with Crippen LogP contribution < -0.4 is 5.32 Å². The zero-order chi connectivity index (χ0) is 9.97. The van der Waals surface area contributed by atoms with Crippen LogP contribution in [-0.4, -0.2) is 37.0 Å². The van der Waals surface area contributed by atoms with Crippen LogP contribution in [0.15, 0.2) is 16.7 Å². The van der Waals surface area contributed by atoms with Crippen molar-refractivity contribution in [3.05, 3.63) is 23.1 Å². The van der Waals surface area contributed by atoms with E-state index in [2.05, 4.69) is 5.32 Å². The molecule has 0 unspecified atom stereocenters. The highest BCUT2D eigenvalue weighted by Gasteiger charge is 2.21. The van der Waals surface area contributed by atoms with E-state index in [1.54, 1.807) is 11.0 Å². The van der Waals surface area contributed by atoms with E-state index in [0.717, 1.165) is 26.2 Å². The Morgan fingerprint density at radius 2 is 2.21 bits per heavy atom. The molecule has 2 rings (SSSR count). The van der Waals surface area contributed by atoms with E-state index in [4.69, 9.17) is 16.0 Å². The number of hydrogen-bond donors (Lipinski definition) is 1. The molecule has 0 bridgehead atoms. The molecule has 14 heavy (non-hydrogen) atoms. The number of piperazine rings is 1. The van der Waals surface area contributed by atoms with E-state index in [-0.39, 0.29) is 11.1 Å². The zero-order valence-electron chi connectivity index (χ0n) is 7.62. The van der Waals surface area contributed by atoms with Crippen LogP contribution >= 0.6 is 11.6 Å². The second kappa shape index (κ2) is 4.02. The Hall–Kier alpha value is -1.00. The lowest BCUT2D eigenvalue weighted by atomic mass is 10.2. The molecule has 4 nitrogen and oxygen atoms in total. The van der Waals surface area contributed by atoms with Crippen LogP contribution in [0.25, 0.3) is 0 Å². The normalized spacial score (nSPS) is 17.1. The van der Waals surface area contributed by atoms with Crippen molar-refractivity contribution in [2.24, 2.45) is 0 Å². The molecule has 76 valence electrons. The van der Waals surface area contributed by atoms with Gasteiger partial charge in [0, 0.05) is 26.2 Å². The van der Waals surface area contributed by atoms with E-state index in [9.17, 15) is 4.79 Å². The molecule has 1 aromatic heterocycles. The van der Waals surface area contributed by atoms with E-state index >= 15 is 0 Å². The number of rotatable bonds is 1. The molecule has 1 saturated heterocycles. The summed E-state index contributed by atoms with van der Waals surface area (Å²) in [4.78, 5) is 13.6. The van der Waals surface area contributed by atoms with E-state index < -0.39 is 0 Å². The van der Waals surface area contributed by atoms with Gasteiger partial charge >= 0.3 is 0 Å². The standard InChI is InChI=1S/C9H11ClN2O2/c10-8-7(1-6-14-8)9(13)12-4-2-11-3-5-12/h1,6,11H,2-5H2. The SMILES string of the molecule is O=C(c1ccoc1Cl)N1CCNCC1. The van der Waals surface area contributed by atoms with Gasteiger partial charge in [0.2, 0.25) is 5.22 Å². The molecule has 0 spiro atoms. The van der Waals surface area contributed by atoms with Gasteiger partial charge in [0.05, 0.1) is 11.8 Å². The zero-order valence-corrected chi connectivity index (χ0v) is 8.38. The third-order valence-corrected chi connectivity index (χ3v) is 2.55. The third kappa shape index (κ3) is 1.76. The molecule has 1 aliphatic rings. The van der Waals surface area contributed by atoms with E-state index in [1.165, 1.54) is 6.26 Å².